The van der Waals surface area contributed by atoms with E-state index < -0.39 is 0 Å². The highest BCUT2D eigenvalue weighted by molar-refractivity contribution is 5.14. The molecule has 0 bridgehead atoms. The third kappa shape index (κ3) is 5.34. The van der Waals surface area contributed by atoms with Crippen LogP contribution in [0.5, 0.6) is 0 Å². The standard InChI is InChI=1S/C16H25/c1-3-5-10-15(9-4-2)13-14-16-11-7-6-8-12-16/h4,6-8,11-12,15H,3,5,9-10,13-14H2,1-2H3. The third-order valence-electron chi connectivity index (χ3n) is 3.22. The van der Waals surface area contributed by atoms with E-state index >= 15 is 0 Å². The van der Waals surface area contributed by atoms with Crippen LogP contribution >= 0.6 is 0 Å². The first-order chi connectivity index (χ1) is 7.86. The molecular weight excluding hydrogens is 192 g/mol. The highest BCUT2D eigenvalue weighted by Crippen LogP contribution is 2.20. The second-order valence-electron chi connectivity index (χ2n) is 4.68. The molecule has 0 heteroatoms. The van der Waals surface area contributed by atoms with Crippen LogP contribution in [-0.2, 0) is 6.42 Å². The Labute approximate surface area is 101 Å². The van der Waals surface area contributed by atoms with Gasteiger partial charge in [0.15, 0.2) is 0 Å². The molecule has 1 rings (SSSR count). The molecule has 16 heavy (non-hydrogen) atoms. The van der Waals surface area contributed by atoms with Gasteiger partial charge in [0.2, 0.25) is 0 Å². The first-order valence-corrected chi connectivity index (χ1v) is 6.68. The number of rotatable bonds is 8. The van der Waals surface area contributed by atoms with E-state index in [9.17, 15) is 0 Å². The minimum absolute atomic E-state index is 0.894. The summed E-state index contributed by atoms with van der Waals surface area (Å²) in [5.74, 6) is 0.894. The summed E-state index contributed by atoms with van der Waals surface area (Å²) in [4.78, 5) is 0. The first-order valence-electron chi connectivity index (χ1n) is 6.68. The van der Waals surface area contributed by atoms with Gasteiger partial charge in [0, 0.05) is 0 Å². The topological polar surface area (TPSA) is 0 Å². The summed E-state index contributed by atoms with van der Waals surface area (Å²) < 4.78 is 0. The van der Waals surface area contributed by atoms with Gasteiger partial charge >= 0.3 is 0 Å². The maximum atomic E-state index is 2.32. The average Bonchev–Trinajstić information content (AvgIpc) is 2.34. The van der Waals surface area contributed by atoms with E-state index in [1.54, 1.807) is 0 Å². The highest BCUT2D eigenvalue weighted by Gasteiger charge is 2.07. The van der Waals surface area contributed by atoms with Crippen molar-refractivity contribution in [2.45, 2.75) is 52.4 Å². The van der Waals surface area contributed by atoms with Crippen LogP contribution in [0.2, 0.25) is 0 Å². The second-order valence-corrected chi connectivity index (χ2v) is 4.68. The Morgan fingerprint density at radius 1 is 1.12 bits per heavy atom. The Hall–Kier alpha value is -0.780. The van der Waals surface area contributed by atoms with Crippen LogP contribution < -0.4 is 0 Å². The van der Waals surface area contributed by atoms with E-state index in [-0.39, 0.29) is 0 Å². The molecule has 0 saturated carbocycles. The van der Waals surface area contributed by atoms with Gasteiger partial charge < -0.3 is 0 Å². The van der Waals surface area contributed by atoms with Gasteiger partial charge in [0.1, 0.15) is 0 Å². The number of unbranched alkanes of at least 4 members (excludes halogenated alkanes) is 1. The second kappa shape index (κ2) is 8.38. The molecule has 1 unspecified atom stereocenters. The fraction of sp³-hybridized carbons (Fsp3) is 0.562. The highest BCUT2D eigenvalue weighted by atomic mass is 14.1. The molecule has 1 aromatic rings. The smallest absolute Gasteiger partial charge is 0.0276 e. The van der Waals surface area contributed by atoms with E-state index in [1.807, 2.05) is 0 Å². The molecule has 0 heterocycles. The van der Waals surface area contributed by atoms with Crippen LogP contribution in [-0.4, -0.2) is 0 Å². The number of hydrogen-bond donors (Lipinski definition) is 0. The SMILES string of the molecule is C[CH]CC(CCCC)CCc1ccccc1. The van der Waals surface area contributed by atoms with Gasteiger partial charge in [-0.3, -0.25) is 0 Å². The lowest BCUT2D eigenvalue weighted by Crippen LogP contribution is -2.02. The van der Waals surface area contributed by atoms with Crippen molar-refractivity contribution >= 4 is 0 Å². The van der Waals surface area contributed by atoms with Crippen LogP contribution in [0.15, 0.2) is 30.3 Å². The zero-order valence-corrected chi connectivity index (χ0v) is 10.8. The van der Waals surface area contributed by atoms with Crippen molar-refractivity contribution in [3.05, 3.63) is 42.3 Å². The molecule has 0 aromatic heterocycles. The Kier molecular flexibility index (Phi) is 6.96. The zero-order valence-electron chi connectivity index (χ0n) is 10.8. The largest absolute Gasteiger partial charge is 0.0654 e. The van der Waals surface area contributed by atoms with Gasteiger partial charge in [-0.1, -0.05) is 63.4 Å². The summed E-state index contributed by atoms with van der Waals surface area (Å²) in [5.41, 5.74) is 1.49. The van der Waals surface area contributed by atoms with E-state index in [0.29, 0.717) is 0 Å². The van der Waals surface area contributed by atoms with Gasteiger partial charge in [-0.05, 0) is 37.2 Å². The predicted octanol–water partition coefficient (Wildman–Crippen LogP) is 5.04. The van der Waals surface area contributed by atoms with Crippen LogP contribution in [0.25, 0.3) is 0 Å². The monoisotopic (exact) mass is 217 g/mol. The molecule has 1 aromatic carbocycles. The molecule has 1 atom stereocenters. The van der Waals surface area contributed by atoms with E-state index in [2.05, 4.69) is 50.6 Å². The normalized spacial score (nSPS) is 12.6. The molecule has 0 amide bonds. The summed E-state index contributed by atoms with van der Waals surface area (Å²) in [6, 6.07) is 10.9. The van der Waals surface area contributed by atoms with Gasteiger partial charge in [-0.15, -0.1) is 0 Å². The van der Waals surface area contributed by atoms with Crippen molar-refractivity contribution in [1.29, 1.82) is 0 Å². The molecule has 0 spiro atoms. The maximum absolute atomic E-state index is 2.32. The zero-order chi connectivity index (χ0) is 11.6. The van der Waals surface area contributed by atoms with Crippen molar-refractivity contribution in [2.75, 3.05) is 0 Å². The maximum Gasteiger partial charge on any atom is -0.0276 e. The Balaban J connectivity index is 2.31. The lowest BCUT2D eigenvalue weighted by Gasteiger charge is -2.15. The fourth-order valence-electron chi connectivity index (χ4n) is 2.22. The van der Waals surface area contributed by atoms with Crippen molar-refractivity contribution in [3.63, 3.8) is 0 Å². The molecule has 0 aliphatic heterocycles. The van der Waals surface area contributed by atoms with Gasteiger partial charge in [0.05, 0.1) is 0 Å². The van der Waals surface area contributed by atoms with Crippen LogP contribution in [0.1, 0.15) is 51.5 Å². The van der Waals surface area contributed by atoms with Crippen molar-refractivity contribution in [3.8, 4) is 0 Å². The first kappa shape index (κ1) is 13.3. The molecule has 0 aliphatic carbocycles. The van der Waals surface area contributed by atoms with Crippen LogP contribution in [0, 0.1) is 12.3 Å². The molecule has 1 radical (unpaired) electrons. The lowest BCUT2D eigenvalue weighted by atomic mass is 9.91. The lowest BCUT2D eigenvalue weighted by molar-refractivity contribution is 0.428. The quantitative estimate of drug-likeness (QED) is 0.572. The number of benzene rings is 1. The molecule has 89 valence electrons. The van der Waals surface area contributed by atoms with E-state index in [0.717, 1.165) is 5.92 Å². The molecule has 0 N–H and O–H groups in total. The molecule has 0 fully saturated rings. The van der Waals surface area contributed by atoms with Crippen LogP contribution in [0.3, 0.4) is 0 Å². The van der Waals surface area contributed by atoms with Crippen molar-refractivity contribution < 1.29 is 0 Å². The van der Waals surface area contributed by atoms with Crippen molar-refractivity contribution in [1.82, 2.24) is 0 Å². The summed E-state index contributed by atoms with van der Waals surface area (Å²) in [6.07, 6.45) is 10.3. The summed E-state index contributed by atoms with van der Waals surface area (Å²) in [6.45, 7) is 4.46. The molecule has 0 nitrogen and oxygen atoms in total. The minimum atomic E-state index is 0.894. The Morgan fingerprint density at radius 3 is 2.50 bits per heavy atom. The predicted molar refractivity (Wildman–Crippen MR) is 72.4 cm³/mol. The van der Waals surface area contributed by atoms with Gasteiger partial charge in [-0.2, -0.15) is 0 Å². The summed E-state index contributed by atoms with van der Waals surface area (Å²) >= 11 is 0. The molecule has 0 saturated heterocycles. The van der Waals surface area contributed by atoms with Crippen LogP contribution in [0.4, 0.5) is 0 Å². The number of aryl methyl sites for hydroxylation is 1. The Morgan fingerprint density at radius 2 is 1.88 bits per heavy atom. The minimum Gasteiger partial charge on any atom is -0.0654 e. The summed E-state index contributed by atoms with van der Waals surface area (Å²) in [5, 5.41) is 0. The number of hydrogen-bond acceptors (Lipinski definition) is 0. The summed E-state index contributed by atoms with van der Waals surface area (Å²) in [7, 11) is 0. The molecule has 0 aliphatic rings. The van der Waals surface area contributed by atoms with Crippen molar-refractivity contribution in [2.24, 2.45) is 5.92 Å². The average molecular weight is 217 g/mol. The van der Waals surface area contributed by atoms with Gasteiger partial charge in [-0.25, -0.2) is 0 Å². The molecular formula is C16H25. The third-order valence-corrected chi connectivity index (χ3v) is 3.22. The fourth-order valence-corrected chi connectivity index (χ4v) is 2.22. The van der Waals surface area contributed by atoms with Gasteiger partial charge in [0.25, 0.3) is 0 Å². The van der Waals surface area contributed by atoms with E-state index in [1.165, 1.54) is 44.1 Å². The van der Waals surface area contributed by atoms with E-state index in [4.69, 9.17) is 0 Å². The Bertz CT molecular complexity index is 250.